The summed E-state index contributed by atoms with van der Waals surface area (Å²) in [5.74, 6) is -0.166. The standard InChI is InChI=1S/C18H26N2O4/c1-12(23-3)17(21)19-15-7-5-14(6-8-15)11-20(16-9-10-16)18(22)13(2)24-4/h5-8,12-13,16H,9-11H2,1-4H3,(H,19,21)/t12-,13+/m1/s1. The fraction of sp³-hybridized carbons (Fsp3) is 0.556. The van der Waals surface area contributed by atoms with Gasteiger partial charge < -0.3 is 19.7 Å². The van der Waals surface area contributed by atoms with Crippen molar-refractivity contribution in [1.29, 1.82) is 0 Å². The molecule has 0 bridgehead atoms. The second kappa shape index (κ2) is 8.26. The van der Waals surface area contributed by atoms with E-state index in [-0.39, 0.29) is 11.8 Å². The first-order valence-electron chi connectivity index (χ1n) is 8.22. The highest BCUT2D eigenvalue weighted by Gasteiger charge is 2.34. The third-order valence-electron chi connectivity index (χ3n) is 4.27. The van der Waals surface area contributed by atoms with Crippen molar-refractivity contribution in [1.82, 2.24) is 4.90 Å². The van der Waals surface area contributed by atoms with Crippen LogP contribution in [0.15, 0.2) is 24.3 Å². The molecule has 6 heteroatoms. The Bertz CT molecular complexity index is 569. The van der Waals surface area contributed by atoms with Crippen LogP contribution in [-0.2, 0) is 25.6 Å². The molecule has 0 saturated heterocycles. The number of nitrogens with one attached hydrogen (secondary N) is 1. The van der Waals surface area contributed by atoms with E-state index in [1.165, 1.54) is 7.11 Å². The molecule has 6 nitrogen and oxygen atoms in total. The van der Waals surface area contributed by atoms with Crippen molar-refractivity contribution in [3.8, 4) is 0 Å². The van der Waals surface area contributed by atoms with Crippen LogP contribution in [0.25, 0.3) is 0 Å². The van der Waals surface area contributed by atoms with Crippen LogP contribution >= 0.6 is 0 Å². The van der Waals surface area contributed by atoms with Crippen molar-refractivity contribution in [3.63, 3.8) is 0 Å². The molecule has 1 saturated carbocycles. The smallest absolute Gasteiger partial charge is 0.253 e. The molecule has 2 amide bonds. The molecule has 132 valence electrons. The largest absolute Gasteiger partial charge is 0.372 e. The molecule has 1 aliphatic rings. The van der Waals surface area contributed by atoms with E-state index < -0.39 is 12.2 Å². The van der Waals surface area contributed by atoms with E-state index >= 15 is 0 Å². The van der Waals surface area contributed by atoms with E-state index in [0.717, 1.165) is 18.4 Å². The lowest BCUT2D eigenvalue weighted by Crippen LogP contribution is -2.39. The minimum atomic E-state index is -0.497. The van der Waals surface area contributed by atoms with Crippen LogP contribution in [0.3, 0.4) is 0 Å². The molecule has 0 heterocycles. The van der Waals surface area contributed by atoms with Gasteiger partial charge >= 0.3 is 0 Å². The summed E-state index contributed by atoms with van der Waals surface area (Å²) in [4.78, 5) is 26.1. The first-order valence-corrected chi connectivity index (χ1v) is 8.22. The molecule has 2 rings (SSSR count). The van der Waals surface area contributed by atoms with Crippen molar-refractivity contribution in [2.45, 2.75) is 51.5 Å². The summed E-state index contributed by atoms with van der Waals surface area (Å²) < 4.78 is 10.1. The van der Waals surface area contributed by atoms with Gasteiger partial charge in [0.25, 0.3) is 11.8 Å². The van der Waals surface area contributed by atoms with Crippen LogP contribution in [0, 0.1) is 0 Å². The molecule has 0 spiro atoms. The first-order chi connectivity index (χ1) is 11.5. The second-order valence-electron chi connectivity index (χ2n) is 6.14. The summed E-state index contributed by atoms with van der Waals surface area (Å²) in [5.41, 5.74) is 1.73. The van der Waals surface area contributed by atoms with Gasteiger partial charge in [-0.3, -0.25) is 9.59 Å². The Morgan fingerprint density at radius 3 is 2.21 bits per heavy atom. The van der Waals surface area contributed by atoms with E-state index in [2.05, 4.69) is 5.32 Å². The number of amides is 2. The number of anilines is 1. The van der Waals surface area contributed by atoms with Gasteiger partial charge in [0.1, 0.15) is 12.2 Å². The van der Waals surface area contributed by atoms with Crippen LogP contribution in [-0.4, -0.2) is 49.2 Å². The average Bonchev–Trinajstić information content (AvgIpc) is 3.43. The molecule has 2 atom stereocenters. The molecule has 0 aromatic heterocycles. The zero-order valence-electron chi connectivity index (χ0n) is 14.7. The zero-order chi connectivity index (χ0) is 17.7. The Morgan fingerprint density at radius 2 is 1.71 bits per heavy atom. The molecule has 1 aromatic rings. The maximum Gasteiger partial charge on any atom is 0.253 e. The predicted octanol–water partition coefficient (Wildman–Crippen LogP) is 2.19. The van der Waals surface area contributed by atoms with Crippen molar-refractivity contribution in [3.05, 3.63) is 29.8 Å². The Hall–Kier alpha value is -1.92. The van der Waals surface area contributed by atoms with Gasteiger partial charge in [0.15, 0.2) is 0 Å². The molecule has 1 aromatic carbocycles. The molecule has 0 radical (unpaired) electrons. The Balaban J connectivity index is 1.99. The third-order valence-corrected chi connectivity index (χ3v) is 4.27. The molecule has 1 N–H and O–H groups in total. The van der Waals surface area contributed by atoms with Gasteiger partial charge in [0.2, 0.25) is 0 Å². The van der Waals surface area contributed by atoms with Crippen molar-refractivity contribution in [2.24, 2.45) is 0 Å². The normalized spacial score (nSPS) is 16.3. The van der Waals surface area contributed by atoms with Gasteiger partial charge in [0.05, 0.1) is 0 Å². The van der Waals surface area contributed by atoms with E-state index in [1.54, 1.807) is 21.0 Å². The maximum atomic E-state index is 12.4. The van der Waals surface area contributed by atoms with Crippen LogP contribution in [0.5, 0.6) is 0 Å². The topological polar surface area (TPSA) is 67.9 Å². The van der Waals surface area contributed by atoms with E-state index in [0.29, 0.717) is 18.3 Å². The Kier molecular flexibility index (Phi) is 6.34. The van der Waals surface area contributed by atoms with Crippen LogP contribution < -0.4 is 5.32 Å². The Morgan fingerprint density at radius 1 is 1.12 bits per heavy atom. The number of hydrogen-bond acceptors (Lipinski definition) is 4. The van der Waals surface area contributed by atoms with Gasteiger partial charge in [-0.15, -0.1) is 0 Å². The third kappa shape index (κ3) is 4.79. The minimum Gasteiger partial charge on any atom is -0.372 e. The van der Waals surface area contributed by atoms with Crippen LogP contribution in [0.2, 0.25) is 0 Å². The van der Waals surface area contributed by atoms with Crippen molar-refractivity contribution in [2.75, 3.05) is 19.5 Å². The van der Waals surface area contributed by atoms with Crippen LogP contribution in [0.4, 0.5) is 5.69 Å². The second-order valence-corrected chi connectivity index (χ2v) is 6.14. The van der Waals surface area contributed by atoms with E-state index in [1.807, 2.05) is 29.2 Å². The SMILES string of the molecule is CO[C@@H](C)C(=O)N(Cc1ccc(NC(=O)[C@@H](C)OC)cc1)C1CC1. The fourth-order valence-electron chi connectivity index (χ4n) is 2.35. The lowest BCUT2D eigenvalue weighted by atomic mass is 10.1. The average molecular weight is 334 g/mol. The number of hydrogen-bond donors (Lipinski definition) is 1. The maximum absolute atomic E-state index is 12.4. The fourth-order valence-corrected chi connectivity index (χ4v) is 2.35. The van der Waals surface area contributed by atoms with Gasteiger partial charge in [-0.05, 0) is 44.4 Å². The molecular weight excluding hydrogens is 308 g/mol. The molecule has 24 heavy (non-hydrogen) atoms. The number of nitrogens with zero attached hydrogens (tertiary/aromatic N) is 1. The summed E-state index contributed by atoms with van der Waals surface area (Å²) in [6, 6.07) is 7.84. The summed E-state index contributed by atoms with van der Waals surface area (Å²) >= 11 is 0. The van der Waals surface area contributed by atoms with Gasteiger partial charge in [-0.1, -0.05) is 12.1 Å². The molecule has 0 unspecified atom stereocenters. The highest BCUT2D eigenvalue weighted by molar-refractivity contribution is 5.93. The van der Waals surface area contributed by atoms with Gasteiger partial charge in [0, 0.05) is 32.5 Å². The van der Waals surface area contributed by atoms with E-state index in [9.17, 15) is 9.59 Å². The number of carbonyl (C=O) groups excluding carboxylic acids is 2. The minimum absolute atomic E-state index is 0.0197. The van der Waals surface area contributed by atoms with Gasteiger partial charge in [-0.2, -0.15) is 0 Å². The van der Waals surface area contributed by atoms with Crippen LogP contribution in [0.1, 0.15) is 32.3 Å². The highest BCUT2D eigenvalue weighted by Crippen LogP contribution is 2.29. The zero-order valence-corrected chi connectivity index (χ0v) is 14.7. The lowest BCUT2D eigenvalue weighted by molar-refractivity contribution is -0.142. The number of benzene rings is 1. The highest BCUT2D eigenvalue weighted by atomic mass is 16.5. The predicted molar refractivity (Wildman–Crippen MR) is 91.6 cm³/mol. The number of ether oxygens (including phenoxy) is 2. The molecular formula is C18H26N2O4. The van der Waals surface area contributed by atoms with Crippen molar-refractivity contribution < 1.29 is 19.1 Å². The summed E-state index contributed by atoms with van der Waals surface area (Å²) in [6.07, 6.45) is 1.17. The summed E-state index contributed by atoms with van der Waals surface area (Å²) in [6.45, 7) is 4.02. The van der Waals surface area contributed by atoms with Gasteiger partial charge in [-0.25, -0.2) is 0 Å². The monoisotopic (exact) mass is 334 g/mol. The molecule has 1 fully saturated rings. The quantitative estimate of drug-likeness (QED) is 0.791. The molecule has 1 aliphatic carbocycles. The lowest BCUT2D eigenvalue weighted by Gasteiger charge is -2.25. The number of methoxy groups -OCH3 is 2. The van der Waals surface area contributed by atoms with E-state index in [4.69, 9.17) is 9.47 Å². The number of rotatable bonds is 8. The Labute approximate surface area is 143 Å². The summed E-state index contributed by atoms with van der Waals surface area (Å²) in [5, 5.41) is 2.79. The number of carbonyl (C=O) groups is 2. The van der Waals surface area contributed by atoms with Crippen molar-refractivity contribution >= 4 is 17.5 Å². The first kappa shape index (κ1) is 18.4. The summed E-state index contributed by atoms with van der Waals surface area (Å²) in [7, 11) is 3.05. The molecule has 0 aliphatic heterocycles.